The number of aromatic hydroxyl groups is 1. The van der Waals surface area contributed by atoms with E-state index in [1.54, 1.807) is 12.1 Å². The molecule has 0 unspecified atom stereocenters. The van der Waals surface area contributed by atoms with Gasteiger partial charge >= 0.3 is 0 Å². The number of benzene rings is 1. The summed E-state index contributed by atoms with van der Waals surface area (Å²) in [5, 5.41) is 18.4. The molecule has 0 bridgehead atoms. The van der Waals surface area contributed by atoms with E-state index in [1.165, 1.54) is 0 Å². The molecule has 0 radical (unpaired) electrons. The van der Waals surface area contributed by atoms with Crippen LogP contribution in [-0.4, -0.2) is 16.8 Å². The minimum atomic E-state index is -0.531. The zero-order valence-corrected chi connectivity index (χ0v) is 8.87. The molecular formula is C9H12BrNO2. The molecule has 0 aliphatic rings. The monoisotopic (exact) mass is 245 g/mol. The van der Waals surface area contributed by atoms with Gasteiger partial charge in [-0.2, -0.15) is 0 Å². The van der Waals surface area contributed by atoms with Crippen molar-refractivity contribution in [2.75, 3.05) is 6.61 Å². The van der Waals surface area contributed by atoms with Gasteiger partial charge in [0.05, 0.1) is 17.1 Å². The van der Waals surface area contributed by atoms with Crippen molar-refractivity contribution in [3.05, 3.63) is 27.7 Å². The maximum Gasteiger partial charge on any atom is 0.134 e. The van der Waals surface area contributed by atoms with Crippen LogP contribution in [0, 0.1) is 6.92 Å². The zero-order valence-electron chi connectivity index (χ0n) is 7.29. The molecule has 0 amide bonds. The summed E-state index contributed by atoms with van der Waals surface area (Å²) in [7, 11) is 0. The summed E-state index contributed by atoms with van der Waals surface area (Å²) in [6.07, 6.45) is 0. The first-order chi connectivity index (χ1) is 6.06. The van der Waals surface area contributed by atoms with E-state index in [2.05, 4.69) is 15.9 Å². The maximum atomic E-state index is 9.59. The number of halogens is 1. The van der Waals surface area contributed by atoms with Gasteiger partial charge in [-0.05, 0) is 34.5 Å². The van der Waals surface area contributed by atoms with Gasteiger partial charge in [0.15, 0.2) is 0 Å². The van der Waals surface area contributed by atoms with Gasteiger partial charge in [-0.3, -0.25) is 0 Å². The summed E-state index contributed by atoms with van der Waals surface area (Å²) >= 11 is 3.21. The summed E-state index contributed by atoms with van der Waals surface area (Å²) < 4.78 is 0.603. The summed E-state index contributed by atoms with van der Waals surface area (Å²) in [4.78, 5) is 0. The van der Waals surface area contributed by atoms with E-state index in [1.807, 2.05) is 6.92 Å². The number of aliphatic hydroxyl groups excluding tert-OH is 1. The van der Waals surface area contributed by atoms with E-state index >= 15 is 0 Å². The van der Waals surface area contributed by atoms with Crippen LogP contribution in [-0.2, 0) is 0 Å². The molecule has 13 heavy (non-hydrogen) atoms. The number of aryl methyl sites for hydroxylation is 1. The highest BCUT2D eigenvalue weighted by Crippen LogP contribution is 2.32. The largest absolute Gasteiger partial charge is 0.506 e. The van der Waals surface area contributed by atoms with E-state index in [-0.39, 0.29) is 12.4 Å². The van der Waals surface area contributed by atoms with Crippen molar-refractivity contribution in [3.8, 4) is 5.75 Å². The second kappa shape index (κ2) is 4.09. The molecule has 4 heteroatoms. The number of phenols is 1. The molecule has 1 aromatic rings. The Labute approximate surface area is 85.3 Å². The quantitative estimate of drug-likeness (QED) is 0.739. The highest BCUT2D eigenvalue weighted by Gasteiger charge is 2.12. The van der Waals surface area contributed by atoms with E-state index in [4.69, 9.17) is 10.8 Å². The Kier molecular flexibility index (Phi) is 3.30. The van der Waals surface area contributed by atoms with Crippen LogP contribution < -0.4 is 5.73 Å². The van der Waals surface area contributed by atoms with Crippen LogP contribution in [0.3, 0.4) is 0 Å². The van der Waals surface area contributed by atoms with Crippen molar-refractivity contribution in [3.63, 3.8) is 0 Å². The van der Waals surface area contributed by atoms with Gasteiger partial charge in [-0.1, -0.05) is 6.07 Å². The average molecular weight is 246 g/mol. The Balaban J connectivity index is 3.20. The van der Waals surface area contributed by atoms with Crippen LogP contribution in [0.5, 0.6) is 5.75 Å². The Hall–Kier alpha value is -0.580. The molecule has 72 valence electrons. The first-order valence-electron chi connectivity index (χ1n) is 3.91. The summed E-state index contributed by atoms with van der Waals surface area (Å²) in [6.45, 7) is 1.72. The van der Waals surface area contributed by atoms with Crippen LogP contribution >= 0.6 is 15.9 Å². The molecule has 1 atom stereocenters. The first kappa shape index (κ1) is 10.5. The highest BCUT2D eigenvalue weighted by molar-refractivity contribution is 9.10. The van der Waals surface area contributed by atoms with Gasteiger partial charge in [-0.15, -0.1) is 0 Å². The normalized spacial score (nSPS) is 12.9. The third-order valence-electron chi connectivity index (χ3n) is 1.83. The summed E-state index contributed by atoms with van der Waals surface area (Å²) in [5.41, 5.74) is 7.16. The standard InChI is InChI=1S/C9H12BrNO2/c1-5-2-6(8(11)4-12)9(13)7(10)3-5/h2-3,8,12-13H,4,11H2,1H3/t8-/m1/s1. The number of hydrogen-bond acceptors (Lipinski definition) is 3. The van der Waals surface area contributed by atoms with Crippen molar-refractivity contribution < 1.29 is 10.2 Å². The van der Waals surface area contributed by atoms with Gasteiger partial charge in [0.1, 0.15) is 5.75 Å². The molecule has 0 aliphatic heterocycles. The van der Waals surface area contributed by atoms with Crippen molar-refractivity contribution in [2.24, 2.45) is 5.73 Å². The topological polar surface area (TPSA) is 66.5 Å². The number of phenolic OH excluding ortho intramolecular Hbond substituents is 1. The van der Waals surface area contributed by atoms with Crippen LogP contribution in [0.4, 0.5) is 0 Å². The van der Waals surface area contributed by atoms with E-state index in [9.17, 15) is 5.11 Å². The fraction of sp³-hybridized carbons (Fsp3) is 0.333. The van der Waals surface area contributed by atoms with Gasteiger partial charge in [-0.25, -0.2) is 0 Å². The molecular weight excluding hydrogens is 234 g/mol. The lowest BCUT2D eigenvalue weighted by molar-refractivity contribution is 0.265. The van der Waals surface area contributed by atoms with Crippen molar-refractivity contribution in [2.45, 2.75) is 13.0 Å². The van der Waals surface area contributed by atoms with Gasteiger partial charge in [0.2, 0.25) is 0 Å². The van der Waals surface area contributed by atoms with Gasteiger partial charge in [0, 0.05) is 5.56 Å². The second-order valence-electron chi connectivity index (χ2n) is 2.97. The molecule has 3 nitrogen and oxygen atoms in total. The second-order valence-corrected chi connectivity index (χ2v) is 3.83. The Morgan fingerprint density at radius 2 is 2.15 bits per heavy atom. The Morgan fingerprint density at radius 1 is 1.54 bits per heavy atom. The van der Waals surface area contributed by atoms with E-state index in [0.29, 0.717) is 10.0 Å². The zero-order chi connectivity index (χ0) is 10.0. The minimum Gasteiger partial charge on any atom is -0.506 e. The Morgan fingerprint density at radius 3 is 2.69 bits per heavy atom. The lowest BCUT2D eigenvalue weighted by Gasteiger charge is -2.12. The smallest absolute Gasteiger partial charge is 0.134 e. The van der Waals surface area contributed by atoms with Gasteiger partial charge in [0.25, 0.3) is 0 Å². The highest BCUT2D eigenvalue weighted by atomic mass is 79.9. The minimum absolute atomic E-state index is 0.104. The van der Waals surface area contributed by atoms with Crippen LogP contribution in [0.25, 0.3) is 0 Å². The van der Waals surface area contributed by atoms with Crippen LogP contribution in [0.15, 0.2) is 16.6 Å². The van der Waals surface area contributed by atoms with Crippen LogP contribution in [0.2, 0.25) is 0 Å². The molecule has 0 fully saturated rings. The lowest BCUT2D eigenvalue weighted by atomic mass is 10.0. The maximum absolute atomic E-state index is 9.59. The molecule has 0 aromatic heterocycles. The molecule has 1 aromatic carbocycles. The SMILES string of the molecule is Cc1cc(Br)c(O)c([C@H](N)CO)c1. The first-order valence-corrected chi connectivity index (χ1v) is 4.71. The molecule has 0 spiro atoms. The number of rotatable bonds is 2. The summed E-state index contributed by atoms with van der Waals surface area (Å²) in [5.74, 6) is 0.104. The van der Waals surface area contributed by atoms with Crippen LogP contribution in [0.1, 0.15) is 17.2 Å². The third-order valence-corrected chi connectivity index (χ3v) is 2.44. The third kappa shape index (κ3) is 2.21. The molecule has 0 saturated carbocycles. The predicted molar refractivity (Wildman–Crippen MR) is 54.6 cm³/mol. The van der Waals surface area contributed by atoms with E-state index < -0.39 is 6.04 Å². The Bertz CT molecular complexity index is 315. The molecule has 0 saturated heterocycles. The molecule has 0 aliphatic carbocycles. The summed E-state index contributed by atoms with van der Waals surface area (Å²) in [6, 6.07) is 3.03. The number of nitrogens with two attached hydrogens (primary N) is 1. The molecule has 4 N–H and O–H groups in total. The van der Waals surface area contributed by atoms with Crippen molar-refractivity contribution >= 4 is 15.9 Å². The fourth-order valence-electron chi connectivity index (χ4n) is 1.14. The molecule has 1 rings (SSSR count). The van der Waals surface area contributed by atoms with Gasteiger partial charge < -0.3 is 15.9 Å². The van der Waals surface area contributed by atoms with Crippen molar-refractivity contribution in [1.29, 1.82) is 0 Å². The predicted octanol–water partition coefficient (Wildman–Crippen LogP) is 1.46. The fourth-order valence-corrected chi connectivity index (χ4v) is 1.73. The number of hydrogen-bond donors (Lipinski definition) is 3. The average Bonchev–Trinajstić information content (AvgIpc) is 2.10. The lowest BCUT2D eigenvalue weighted by Crippen LogP contribution is -2.14. The van der Waals surface area contributed by atoms with Crippen molar-refractivity contribution in [1.82, 2.24) is 0 Å². The van der Waals surface area contributed by atoms with E-state index in [0.717, 1.165) is 5.56 Å². The molecule has 0 heterocycles. The number of aliphatic hydroxyl groups is 1.